The van der Waals surface area contributed by atoms with E-state index >= 15 is 0 Å². The van der Waals surface area contributed by atoms with Crippen LogP contribution in [0.1, 0.15) is 29.8 Å². The Bertz CT molecular complexity index is 1330. The highest BCUT2D eigenvalue weighted by atomic mass is 19.4. The summed E-state index contributed by atoms with van der Waals surface area (Å²) >= 11 is 0. The number of imide groups is 1. The lowest BCUT2D eigenvalue weighted by Gasteiger charge is -2.28. The summed E-state index contributed by atoms with van der Waals surface area (Å²) in [5.41, 5.74) is -0.477. The molecule has 2 heterocycles. The average molecular weight is 487 g/mol. The van der Waals surface area contributed by atoms with Crippen molar-refractivity contribution in [2.24, 2.45) is 0 Å². The van der Waals surface area contributed by atoms with E-state index in [4.69, 9.17) is 0 Å². The van der Waals surface area contributed by atoms with E-state index in [9.17, 15) is 27.6 Å². The molecule has 3 amide bonds. The number of nitrogens with zero attached hydrogens (tertiary/aromatic N) is 3. The van der Waals surface area contributed by atoms with E-state index in [1.807, 2.05) is 24.3 Å². The van der Waals surface area contributed by atoms with Crippen molar-refractivity contribution in [1.82, 2.24) is 9.88 Å². The highest BCUT2D eigenvalue weighted by Gasteiger charge is 2.52. The number of fused-ring (bicyclic) bond motifs is 1. The van der Waals surface area contributed by atoms with Crippen molar-refractivity contribution in [3.8, 4) is 5.75 Å². The van der Waals surface area contributed by atoms with Crippen LogP contribution in [-0.4, -0.2) is 46.8 Å². The van der Waals surface area contributed by atoms with Gasteiger partial charge in [0.15, 0.2) is 0 Å². The number of esters is 1. The van der Waals surface area contributed by atoms with Crippen molar-refractivity contribution in [3.05, 3.63) is 65.9 Å². The number of urea groups is 1. The minimum absolute atomic E-state index is 0.0796. The van der Waals surface area contributed by atoms with E-state index in [-0.39, 0.29) is 12.2 Å². The molecule has 1 aliphatic rings. The Hall–Kier alpha value is -4.15. The molecule has 0 N–H and O–H groups in total. The summed E-state index contributed by atoms with van der Waals surface area (Å²) in [5, 5.41) is 0.811. The highest BCUT2D eigenvalue weighted by Crippen LogP contribution is 2.37. The van der Waals surface area contributed by atoms with Gasteiger partial charge in [-0.3, -0.25) is 9.78 Å². The molecule has 2 aromatic carbocycles. The van der Waals surface area contributed by atoms with Gasteiger partial charge in [0.1, 0.15) is 16.9 Å². The SMILES string of the molecule is COC(=O)c1cc(N2C(=O)N(Cc3ccnc4ccccc34)C(C)(C)C2=O)ccc1OC(F)(F)F. The molecule has 0 atom stereocenters. The topological polar surface area (TPSA) is 89.0 Å². The monoisotopic (exact) mass is 487 g/mol. The number of rotatable bonds is 5. The maximum absolute atomic E-state index is 13.4. The number of alkyl halides is 3. The van der Waals surface area contributed by atoms with Gasteiger partial charge in [-0.15, -0.1) is 13.2 Å². The fourth-order valence-corrected chi connectivity index (χ4v) is 3.93. The zero-order chi connectivity index (χ0) is 25.5. The predicted octanol–water partition coefficient (Wildman–Crippen LogP) is 4.67. The van der Waals surface area contributed by atoms with Crippen molar-refractivity contribution in [3.63, 3.8) is 0 Å². The number of carbonyl (C=O) groups is 3. The number of amides is 3. The Morgan fingerprint density at radius 2 is 1.80 bits per heavy atom. The van der Waals surface area contributed by atoms with Gasteiger partial charge in [0.05, 0.1) is 18.3 Å². The zero-order valence-corrected chi connectivity index (χ0v) is 18.9. The van der Waals surface area contributed by atoms with Crippen LogP contribution in [-0.2, 0) is 16.1 Å². The van der Waals surface area contributed by atoms with Crippen molar-refractivity contribution in [1.29, 1.82) is 0 Å². The molecule has 1 saturated heterocycles. The maximum Gasteiger partial charge on any atom is 0.573 e. The van der Waals surface area contributed by atoms with Gasteiger partial charge in [-0.25, -0.2) is 14.5 Å². The van der Waals surface area contributed by atoms with E-state index in [0.717, 1.165) is 46.7 Å². The number of benzene rings is 2. The largest absolute Gasteiger partial charge is 0.573 e. The van der Waals surface area contributed by atoms with Gasteiger partial charge in [0.25, 0.3) is 5.91 Å². The van der Waals surface area contributed by atoms with Gasteiger partial charge in [-0.2, -0.15) is 0 Å². The van der Waals surface area contributed by atoms with Gasteiger partial charge in [-0.1, -0.05) is 18.2 Å². The maximum atomic E-state index is 13.4. The Morgan fingerprint density at radius 1 is 1.09 bits per heavy atom. The van der Waals surface area contributed by atoms with E-state index in [1.54, 1.807) is 26.1 Å². The van der Waals surface area contributed by atoms with Crippen LogP contribution < -0.4 is 9.64 Å². The number of ether oxygens (including phenoxy) is 2. The minimum atomic E-state index is -5.06. The predicted molar refractivity (Wildman–Crippen MR) is 119 cm³/mol. The van der Waals surface area contributed by atoms with Crippen LogP contribution in [0.5, 0.6) is 5.75 Å². The third-order valence-electron chi connectivity index (χ3n) is 5.74. The first-order chi connectivity index (χ1) is 16.4. The molecule has 0 radical (unpaired) electrons. The van der Waals surface area contributed by atoms with Crippen LogP contribution in [0.4, 0.5) is 23.7 Å². The van der Waals surface area contributed by atoms with Crippen LogP contribution >= 0.6 is 0 Å². The molecule has 35 heavy (non-hydrogen) atoms. The zero-order valence-electron chi connectivity index (χ0n) is 18.9. The number of pyridine rings is 1. The lowest BCUT2D eigenvalue weighted by Crippen LogP contribution is -2.43. The molecule has 1 aromatic heterocycles. The Labute approximate surface area is 197 Å². The Morgan fingerprint density at radius 3 is 2.49 bits per heavy atom. The normalized spacial score (nSPS) is 15.6. The average Bonchev–Trinajstić information content (AvgIpc) is 2.97. The Balaban J connectivity index is 1.73. The first-order valence-electron chi connectivity index (χ1n) is 10.4. The summed E-state index contributed by atoms with van der Waals surface area (Å²) in [6, 6.07) is 11.3. The second-order valence-electron chi connectivity index (χ2n) is 8.28. The summed E-state index contributed by atoms with van der Waals surface area (Å²) in [7, 11) is 0.989. The van der Waals surface area contributed by atoms with Gasteiger partial charge >= 0.3 is 18.4 Å². The van der Waals surface area contributed by atoms with Crippen molar-refractivity contribution in [2.75, 3.05) is 12.0 Å². The summed E-state index contributed by atoms with van der Waals surface area (Å²) in [6.45, 7) is 3.22. The van der Waals surface area contributed by atoms with Crippen LogP contribution in [0.25, 0.3) is 10.9 Å². The number of hydrogen-bond donors (Lipinski definition) is 0. The summed E-state index contributed by atoms with van der Waals surface area (Å²) < 4.78 is 46.8. The molecule has 4 rings (SSSR count). The molecule has 11 heteroatoms. The molecule has 8 nitrogen and oxygen atoms in total. The third-order valence-corrected chi connectivity index (χ3v) is 5.74. The van der Waals surface area contributed by atoms with Gasteiger partial charge in [0, 0.05) is 18.1 Å². The second-order valence-corrected chi connectivity index (χ2v) is 8.28. The second kappa shape index (κ2) is 8.57. The smallest absolute Gasteiger partial charge is 0.465 e. The lowest BCUT2D eigenvalue weighted by molar-refractivity contribution is -0.274. The van der Waals surface area contributed by atoms with Crippen molar-refractivity contribution >= 4 is 34.5 Å². The molecule has 3 aromatic rings. The Kier molecular flexibility index (Phi) is 5.87. The standard InChI is InChI=1S/C24H20F3N3O5/c1-23(2)21(32)30(15-8-9-19(35-24(25,26)27)17(12-15)20(31)34-3)22(33)29(23)13-14-10-11-28-18-7-5-4-6-16(14)18/h4-12H,13H2,1-3H3. The number of para-hydroxylation sites is 1. The fraction of sp³-hybridized carbons (Fsp3) is 0.250. The molecule has 0 saturated carbocycles. The van der Waals surface area contributed by atoms with E-state index in [0.29, 0.717) is 0 Å². The number of halogens is 3. The first kappa shape index (κ1) is 24.0. The summed E-state index contributed by atoms with van der Waals surface area (Å²) in [4.78, 5) is 45.3. The number of anilines is 1. The van der Waals surface area contributed by atoms with Gasteiger partial charge in [0.2, 0.25) is 0 Å². The molecule has 1 fully saturated rings. The van der Waals surface area contributed by atoms with Crippen LogP contribution in [0, 0.1) is 0 Å². The molecular weight excluding hydrogens is 467 g/mol. The van der Waals surface area contributed by atoms with Gasteiger partial charge in [-0.05, 0) is 49.7 Å². The molecule has 0 aliphatic carbocycles. The van der Waals surface area contributed by atoms with Crippen LogP contribution in [0.2, 0.25) is 0 Å². The minimum Gasteiger partial charge on any atom is -0.465 e. The van der Waals surface area contributed by atoms with E-state index in [1.165, 1.54) is 4.90 Å². The molecule has 1 aliphatic heterocycles. The number of hydrogen-bond acceptors (Lipinski definition) is 6. The van der Waals surface area contributed by atoms with Crippen LogP contribution in [0.15, 0.2) is 54.7 Å². The fourth-order valence-electron chi connectivity index (χ4n) is 3.93. The third kappa shape index (κ3) is 4.36. The van der Waals surface area contributed by atoms with E-state index < -0.39 is 41.1 Å². The first-order valence-corrected chi connectivity index (χ1v) is 10.4. The molecule has 0 unspecified atom stereocenters. The number of carbonyl (C=O) groups excluding carboxylic acids is 3. The number of methoxy groups -OCH3 is 1. The molecule has 0 bridgehead atoms. The summed E-state index contributed by atoms with van der Waals surface area (Å²) in [5.74, 6) is -2.54. The molecule has 182 valence electrons. The lowest BCUT2D eigenvalue weighted by atomic mass is 10.0. The van der Waals surface area contributed by atoms with Gasteiger partial charge < -0.3 is 14.4 Å². The van der Waals surface area contributed by atoms with Crippen molar-refractivity contribution in [2.45, 2.75) is 32.3 Å². The number of aromatic nitrogens is 1. The van der Waals surface area contributed by atoms with E-state index in [2.05, 4.69) is 14.5 Å². The molecule has 0 spiro atoms. The highest BCUT2D eigenvalue weighted by molar-refractivity contribution is 6.23. The molecular formula is C24H20F3N3O5. The van der Waals surface area contributed by atoms with Crippen molar-refractivity contribution < 1.29 is 37.0 Å². The van der Waals surface area contributed by atoms with Crippen LogP contribution in [0.3, 0.4) is 0 Å². The quantitative estimate of drug-likeness (QED) is 0.384. The summed E-state index contributed by atoms with van der Waals surface area (Å²) in [6.07, 6.45) is -3.46.